The summed E-state index contributed by atoms with van der Waals surface area (Å²) < 4.78 is 0. The van der Waals surface area contributed by atoms with E-state index in [1.54, 1.807) is 18.2 Å². The molecule has 1 aromatic rings. The summed E-state index contributed by atoms with van der Waals surface area (Å²) in [6.07, 6.45) is 0. The van der Waals surface area contributed by atoms with E-state index in [9.17, 15) is 0 Å². The molecule has 1 aliphatic rings. The van der Waals surface area contributed by atoms with Crippen molar-refractivity contribution in [2.45, 2.75) is 5.92 Å². The molecule has 0 spiro atoms. The molecule has 1 unspecified atom stereocenters. The lowest BCUT2D eigenvalue weighted by Gasteiger charge is -2.08. The van der Waals surface area contributed by atoms with Gasteiger partial charge in [0.15, 0.2) is 5.84 Å². The fraction of sp³-hybridized carbons (Fsp3) is 0.222. The molecule has 82 valence electrons. The van der Waals surface area contributed by atoms with Crippen LogP contribution in [0.1, 0.15) is 11.5 Å². The summed E-state index contributed by atoms with van der Waals surface area (Å²) in [4.78, 5) is 7.58. The zero-order valence-electron chi connectivity index (χ0n) is 7.97. The first kappa shape index (κ1) is 11.1. The van der Waals surface area contributed by atoms with Gasteiger partial charge in [0, 0.05) is 15.0 Å². The van der Waals surface area contributed by atoms with Crippen LogP contribution in [0.4, 0.5) is 0 Å². The van der Waals surface area contributed by atoms with E-state index in [1.165, 1.54) is 0 Å². The highest BCUT2D eigenvalue weighted by Gasteiger charge is 2.24. The van der Waals surface area contributed by atoms with E-state index in [0.717, 1.165) is 5.56 Å². The van der Waals surface area contributed by atoms with Gasteiger partial charge >= 0.3 is 0 Å². The lowest BCUT2D eigenvalue weighted by molar-refractivity contribution is 0.166. The number of rotatable bonds is 1. The number of hydrogen-bond acceptors (Lipinski definition) is 3. The molecule has 0 N–H and O–H groups in total. The van der Waals surface area contributed by atoms with Gasteiger partial charge in [-0.25, -0.2) is 0 Å². The second kappa shape index (κ2) is 4.61. The average molecular weight is 257 g/mol. The Morgan fingerprint density at radius 3 is 2.69 bits per heavy atom. The quantitative estimate of drug-likeness (QED) is 0.429. The highest BCUT2D eigenvalue weighted by molar-refractivity contribution is 6.34. The van der Waals surface area contributed by atoms with E-state index < -0.39 is 0 Å². The Morgan fingerprint density at radius 1 is 1.38 bits per heavy atom. The summed E-state index contributed by atoms with van der Waals surface area (Å²) in [5.41, 5.74) is 9.19. The van der Waals surface area contributed by atoms with Crippen molar-refractivity contribution in [3.8, 4) is 0 Å². The van der Waals surface area contributed by atoms with E-state index >= 15 is 0 Å². The predicted octanol–water partition coefficient (Wildman–Crippen LogP) is 3.73. The van der Waals surface area contributed by atoms with Crippen LogP contribution in [-0.2, 0) is 4.84 Å². The topological polar surface area (TPSA) is 70.4 Å². The zero-order chi connectivity index (χ0) is 11.5. The largest absolute Gasteiger partial charge is 0.395 e. The maximum absolute atomic E-state index is 8.37. The van der Waals surface area contributed by atoms with E-state index in [-0.39, 0.29) is 5.92 Å². The molecule has 1 atom stereocenters. The van der Waals surface area contributed by atoms with Crippen LogP contribution in [0.2, 0.25) is 10.0 Å². The lowest BCUT2D eigenvalue weighted by Crippen LogP contribution is -2.08. The highest BCUT2D eigenvalue weighted by atomic mass is 35.5. The second-order valence-corrected chi connectivity index (χ2v) is 4.06. The smallest absolute Gasteiger partial charge is 0.154 e. The molecule has 0 fully saturated rings. The zero-order valence-corrected chi connectivity index (χ0v) is 9.48. The fourth-order valence-corrected chi connectivity index (χ4v) is 2.01. The summed E-state index contributed by atoms with van der Waals surface area (Å²) in [6.45, 7) is 0.324. The number of benzene rings is 1. The van der Waals surface area contributed by atoms with E-state index in [0.29, 0.717) is 22.5 Å². The summed E-state index contributed by atoms with van der Waals surface area (Å²) in [5, 5.41) is 8.16. The number of amidine groups is 1. The molecule has 0 saturated heterocycles. The molecule has 16 heavy (non-hydrogen) atoms. The third-order valence-corrected chi connectivity index (χ3v) is 2.58. The first-order valence-electron chi connectivity index (χ1n) is 4.41. The third-order valence-electron chi connectivity index (χ3n) is 2.15. The normalized spacial score (nSPS) is 18.6. The first-order valence-corrected chi connectivity index (χ1v) is 5.17. The lowest BCUT2D eigenvalue weighted by atomic mass is 9.99. The fourth-order valence-electron chi connectivity index (χ4n) is 1.47. The molecule has 0 radical (unpaired) electrons. The van der Waals surface area contributed by atoms with Crippen molar-refractivity contribution in [3.05, 3.63) is 44.3 Å². The molecule has 5 nitrogen and oxygen atoms in total. The van der Waals surface area contributed by atoms with Gasteiger partial charge in [-0.05, 0) is 34.4 Å². The van der Waals surface area contributed by atoms with Crippen LogP contribution in [0.25, 0.3) is 10.4 Å². The van der Waals surface area contributed by atoms with Crippen LogP contribution >= 0.6 is 23.2 Å². The van der Waals surface area contributed by atoms with Gasteiger partial charge in [0.05, 0.1) is 5.92 Å². The van der Waals surface area contributed by atoms with Gasteiger partial charge in [-0.3, -0.25) is 0 Å². The van der Waals surface area contributed by atoms with Crippen molar-refractivity contribution in [1.82, 2.24) is 0 Å². The van der Waals surface area contributed by atoms with Crippen LogP contribution in [0.3, 0.4) is 0 Å². The Bertz CT molecular complexity index is 476. The molecule has 1 aliphatic heterocycles. The summed E-state index contributed by atoms with van der Waals surface area (Å²) in [5.74, 6) is 0.0768. The molecule has 7 heteroatoms. The van der Waals surface area contributed by atoms with E-state index in [2.05, 4.69) is 15.2 Å². The van der Waals surface area contributed by atoms with Crippen molar-refractivity contribution < 1.29 is 4.84 Å². The maximum Gasteiger partial charge on any atom is 0.154 e. The SMILES string of the molecule is [N-]=[N+]=NC1=NOCC1c1cc(Cl)cc(Cl)c1. The molecule has 0 saturated carbocycles. The number of nitrogens with zero attached hydrogens (tertiary/aromatic N) is 4. The van der Waals surface area contributed by atoms with Gasteiger partial charge in [0.1, 0.15) is 6.61 Å². The molecule has 0 aliphatic carbocycles. The van der Waals surface area contributed by atoms with Gasteiger partial charge in [0.2, 0.25) is 0 Å². The summed E-state index contributed by atoms with van der Waals surface area (Å²) in [7, 11) is 0. The molecular formula is C9H6Cl2N4O. The molecule has 1 aromatic carbocycles. The van der Waals surface area contributed by atoms with Crippen LogP contribution in [-0.4, -0.2) is 12.4 Å². The van der Waals surface area contributed by atoms with Gasteiger partial charge in [-0.2, -0.15) is 0 Å². The Balaban J connectivity index is 2.37. The van der Waals surface area contributed by atoms with Crippen LogP contribution in [0, 0.1) is 0 Å². The van der Waals surface area contributed by atoms with Crippen molar-refractivity contribution >= 4 is 29.0 Å². The molecule has 1 heterocycles. The van der Waals surface area contributed by atoms with Crippen LogP contribution < -0.4 is 0 Å². The Hall–Kier alpha value is -1.42. The minimum atomic E-state index is -0.216. The molecule has 0 aromatic heterocycles. The van der Waals surface area contributed by atoms with Gasteiger partial charge in [-0.15, -0.1) is 0 Å². The molecule has 0 bridgehead atoms. The van der Waals surface area contributed by atoms with Crippen molar-refractivity contribution in [3.63, 3.8) is 0 Å². The van der Waals surface area contributed by atoms with Crippen molar-refractivity contribution in [2.24, 2.45) is 10.3 Å². The van der Waals surface area contributed by atoms with E-state index in [4.69, 9.17) is 33.6 Å². The number of hydrogen-bond donors (Lipinski definition) is 0. The van der Waals surface area contributed by atoms with E-state index in [1.807, 2.05) is 0 Å². The van der Waals surface area contributed by atoms with Gasteiger partial charge in [-0.1, -0.05) is 28.4 Å². The average Bonchev–Trinajstić information content (AvgIpc) is 2.65. The Labute approximate surface area is 101 Å². The molecular weight excluding hydrogens is 251 g/mol. The standard InChI is InChI=1S/C9H6Cl2N4O/c10-6-1-5(2-7(11)3-6)8-4-16-14-9(8)13-15-12/h1-3,8H,4H2. The Kier molecular flexibility index (Phi) is 3.19. The number of oxime groups is 1. The number of halogens is 2. The van der Waals surface area contributed by atoms with Gasteiger partial charge < -0.3 is 4.84 Å². The third kappa shape index (κ3) is 2.22. The second-order valence-electron chi connectivity index (χ2n) is 3.19. The van der Waals surface area contributed by atoms with Crippen molar-refractivity contribution in [1.29, 1.82) is 0 Å². The number of azide groups is 1. The molecule has 0 amide bonds. The van der Waals surface area contributed by atoms with Crippen LogP contribution in [0.5, 0.6) is 0 Å². The summed E-state index contributed by atoms with van der Waals surface area (Å²) in [6, 6.07) is 5.12. The van der Waals surface area contributed by atoms with Crippen LogP contribution in [0.15, 0.2) is 28.5 Å². The minimum absolute atomic E-state index is 0.216. The first-order chi connectivity index (χ1) is 7.70. The molecule has 2 rings (SSSR count). The predicted molar refractivity (Wildman–Crippen MR) is 61.7 cm³/mol. The summed E-state index contributed by atoms with van der Waals surface area (Å²) >= 11 is 11.8. The highest BCUT2D eigenvalue weighted by Crippen LogP contribution is 2.29. The monoisotopic (exact) mass is 256 g/mol. The Morgan fingerprint density at radius 2 is 2.06 bits per heavy atom. The maximum atomic E-state index is 8.37. The van der Waals surface area contributed by atoms with Crippen molar-refractivity contribution in [2.75, 3.05) is 6.61 Å². The van der Waals surface area contributed by atoms with Gasteiger partial charge in [0.25, 0.3) is 0 Å². The minimum Gasteiger partial charge on any atom is -0.395 e.